The number of amides is 2. The summed E-state index contributed by atoms with van der Waals surface area (Å²) in [7, 11) is 0. The van der Waals surface area contributed by atoms with Gasteiger partial charge in [0.05, 0.1) is 5.69 Å². The molecule has 2 N–H and O–H groups in total. The number of ether oxygens (including phenoxy) is 1. The lowest BCUT2D eigenvalue weighted by Gasteiger charge is -2.19. The van der Waals surface area contributed by atoms with Gasteiger partial charge < -0.3 is 19.9 Å². The first-order valence-electron chi connectivity index (χ1n) is 6.63. The number of rotatable bonds is 3. The molecule has 6 heteroatoms. The summed E-state index contributed by atoms with van der Waals surface area (Å²) in [6.45, 7) is 1.81. The molecule has 1 unspecified atom stereocenters. The van der Waals surface area contributed by atoms with Gasteiger partial charge in [0.25, 0.3) is 5.91 Å². The van der Waals surface area contributed by atoms with Crippen LogP contribution in [0, 0.1) is 0 Å². The molecule has 3 rings (SSSR count). The smallest absolute Gasteiger partial charge is 0.262 e. The quantitative estimate of drug-likeness (QED) is 0.906. The number of carbonyl (C=O) groups excluding carboxylic acids is 2. The van der Waals surface area contributed by atoms with Gasteiger partial charge in [0.15, 0.2) is 6.61 Å². The second-order valence-electron chi connectivity index (χ2n) is 4.84. The standard InChI is InChI=1S/C15H15N3O3/c1-10(18-6-2-3-7-18)15(20)16-11-4-5-12-13(8-11)21-9-14(19)17-12/h2-8,10H,9H2,1H3,(H,16,20)(H,17,19). The molecule has 108 valence electrons. The number of hydrogen-bond acceptors (Lipinski definition) is 3. The molecule has 1 atom stereocenters. The van der Waals surface area contributed by atoms with Crippen LogP contribution in [0.25, 0.3) is 0 Å². The predicted octanol–water partition coefficient (Wildman–Crippen LogP) is 2.02. The molecule has 1 aliphatic rings. The van der Waals surface area contributed by atoms with Crippen LogP contribution in [-0.4, -0.2) is 23.0 Å². The van der Waals surface area contributed by atoms with E-state index in [2.05, 4.69) is 10.6 Å². The van der Waals surface area contributed by atoms with E-state index in [-0.39, 0.29) is 24.5 Å². The fraction of sp³-hybridized carbons (Fsp3) is 0.200. The molecule has 1 aromatic heterocycles. The minimum absolute atomic E-state index is 0.00975. The molecule has 0 bridgehead atoms. The van der Waals surface area contributed by atoms with E-state index >= 15 is 0 Å². The average molecular weight is 285 g/mol. The normalized spacial score (nSPS) is 14.6. The van der Waals surface area contributed by atoms with Crippen molar-refractivity contribution in [1.82, 2.24) is 4.57 Å². The number of anilines is 2. The molecule has 0 saturated carbocycles. The number of nitrogens with one attached hydrogen (secondary N) is 2. The second kappa shape index (κ2) is 5.32. The topological polar surface area (TPSA) is 72.4 Å². The van der Waals surface area contributed by atoms with Gasteiger partial charge in [-0.3, -0.25) is 9.59 Å². The highest BCUT2D eigenvalue weighted by Crippen LogP contribution is 2.30. The van der Waals surface area contributed by atoms with Crippen LogP contribution in [0.15, 0.2) is 42.7 Å². The molecule has 1 aliphatic heterocycles. The maximum Gasteiger partial charge on any atom is 0.262 e. The SMILES string of the molecule is CC(C(=O)Nc1ccc2c(c1)OCC(=O)N2)n1cccc1. The number of nitrogens with zero attached hydrogens (tertiary/aromatic N) is 1. The van der Waals surface area contributed by atoms with Gasteiger partial charge in [-0.15, -0.1) is 0 Å². The highest BCUT2D eigenvalue weighted by atomic mass is 16.5. The summed E-state index contributed by atoms with van der Waals surface area (Å²) in [5.74, 6) is 0.257. The lowest BCUT2D eigenvalue weighted by atomic mass is 10.2. The largest absolute Gasteiger partial charge is 0.482 e. The van der Waals surface area contributed by atoms with E-state index in [9.17, 15) is 9.59 Å². The van der Waals surface area contributed by atoms with Crippen molar-refractivity contribution in [3.8, 4) is 5.75 Å². The number of benzene rings is 1. The first-order chi connectivity index (χ1) is 10.1. The van der Waals surface area contributed by atoms with Crippen molar-refractivity contribution in [3.05, 3.63) is 42.7 Å². The van der Waals surface area contributed by atoms with E-state index in [1.165, 1.54) is 0 Å². The van der Waals surface area contributed by atoms with E-state index in [1.807, 2.05) is 36.0 Å². The summed E-state index contributed by atoms with van der Waals surface area (Å²) in [4.78, 5) is 23.4. The van der Waals surface area contributed by atoms with E-state index in [0.717, 1.165) is 0 Å². The van der Waals surface area contributed by atoms with Crippen molar-refractivity contribution < 1.29 is 14.3 Å². The molecule has 0 spiro atoms. The van der Waals surface area contributed by atoms with Gasteiger partial charge in [0.1, 0.15) is 11.8 Å². The zero-order valence-corrected chi connectivity index (χ0v) is 11.5. The third-order valence-electron chi connectivity index (χ3n) is 3.34. The minimum Gasteiger partial charge on any atom is -0.482 e. The summed E-state index contributed by atoms with van der Waals surface area (Å²) in [5.41, 5.74) is 1.25. The third-order valence-corrected chi connectivity index (χ3v) is 3.34. The van der Waals surface area contributed by atoms with Crippen molar-refractivity contribution in [2.24, 2.45) is 0 Å². The molecule has 1 aromatic carbocycles. The lowest BCUT2D eigenvalue weighted by Crippen LogP contribution is -2.26. The highest BCUT2D eigenvalue weighted by molar-refractivity contribution is 5.97. The van der Waals surface area contributed by atoms with E-state index < -0.39 is 0 Å². The maximum absolute atomic E-state index is 12.2. The Morgan fingerprint density at radius 3 is 2.90 bits per heavy atom. The van der Waals surface area contributed by atoms with Gasteiger partial charge in [0, 0.05) is 24.1 Å². The Morgan fingerprint density at radius 1 is 1.38 bits per heavy atom. The summed E-state index contributed by atoms with van der Waals surface area (Å²) >= 11 is 0. The van der Waals surface area contributed by atoms with Crippen LogP contribution >= 0.6 is 0 Å². The zero-order valence-electron chi connectivity index (χ0n) is 11.5. The molecular weight excluding hydrogens is 270 g/mol. The van der Waals surface area contributed by atoms with Crippen LogP contribution in [0.4, 0.5) is 11.4 Å². The number of carbonyl (C=O) groups is 2. The molecule has 2 amide bonds. The van der Waals surface area contributed by atoms with Gasteiger partial charge in [-0.2, -0.15) is 0 Å². The fourth-order valence-electron chi connectivity index (χ4n) is 2.14. The molecule has 21 heavy (non-hydrogen) atoms. The Hall–Kier alpha value is -2.76. The van der Waals surface area contributed by atoms with Crippen LogP contribution < -0.4 is 15.4 Å². The number of fused-ring (bicyclic) bond motifs is 1. The van der Waals surface area contributed by atoms with Crippen molar-refractivity contribution in [1.29, 1.82) is 0 Å². The Kier molecular flexibility index (Phi) is 3.35. The van der Waals surface area contributed by atoms with Crippen LogP contribution in [-0.2, 0) is 9.59 Å². The molecule has 0 fully saturated rings. The van der Waals surface area contributed by atoms with Gasteiger partial charge in [-0.25, -0.2) is 0 Å². The second-order valence-corrected chi connectivity index (χ2v) is 4.84. The van der Waals surface area contributed by atoms with Gasteiger partial charge >= 0.3 is 0 Å². The van der Waals surface area contributed by atoms with Crippen molar-refractivity contribution in [2.75, 3.05) is 17.2 Å². The Morgan fingerprint density at radius 2 is 2.14 bits per heavy atom. The van der Waals surface area contributed by atoms with Crippen molar-refractivity contribution in [3.63, 3.8) is 0 Å². The molecule has 0 aliphatic carbocycles. The Bertz CT molecular complexity index is 679. The van der Waals surface area contributed by atoms with E-state index in [4.69, 9.17) is 4.74 Å². The first kappa shape index (κ1) is 13.2. The van der Waals surface area contributed by atoms with Gasteiger partial charge in [0.2, 0.25) is 5.91 Å². The first-order valence-corrected chi connectivity index (χ1v) is 6.63. The minimum atomic E-state index is -0.309. The third kappa shape index (κ3) is 2.74. The van der Waals surface area contributed by atoms with Crippen LogP contribution in [0.3, 0.4) is 0 Å². The highest BCUT2D eigenvalue weighted by Gasteiger charge is 2.18. The number of aromatic nitrogens is 1. The molecule has 6 nitrogen and oxygen atoms in total. The van der Waals surface area contributed by atoms with Crippen molar-refractivity contribution in [2.45, 2.75) is 13.0 Å². The summed E-state index contributed by atoms with van der Waals surface area (Å²) in [6.07, 6.45) is 3.69. The monoisotopic (exact) mass is 285 g/mol. The van der Waals surface area contributed by atoms with Crippen LogP contribution in [0.2, 0.25) is 0 Å². The number of hydrogen-bond donors (Lipinski definition) is 2. The maximum atomic E-state index is 12.2. The molecule has 0 saturated heterocycles. The Balaban J connectivity index is 1.73. The van der Waals surface area contributed by atoms with Crippen LogP contribution in [0.1, 0.15) is 13.0 Å². The summed E-state index contributed by atoms with van der Waals surface area (Å²) in [6, 6.07) is 8.58. The van der Waals surface area contributed by atoms with Gasteiger partial charge in [-0.1, -0.05) is 0 Å². The average Bonchev–Trinajstić information content (AvgIpc) is 3.00. The van der Waals surface area contributed by atoms with Crippen LogP contribution in [0.5, 0.6) is 5.75 Å². The lowest BCUT2D eigenvalue weighted by molar-refractivity contribution is -0.119. The fourth-order valence-corrected chi connectivity index (χ4v) is 2.14. The molecular formula is C15H15N3O3. The van der Waals surface area contributed by atoms with E-state index in [1.54, 1.807) is 18.2 Å². The van der Waals surface area contributed by atoms with Crippen molar-refractivity contribution >= 4 is 23.2 Å². The molecule has 2 aromatic rings. The summed E-state index contributed by atoms with van der Waals surface area (Å²) in [5, 5.41) is 5.54. The Labute approximate surface area is 121 Å². The summed E-state index contributed by atoms with van der Waals surface area (Å²) < 4.78 is 7.15. The van der Waals surface area contributed by atoms with Gasteiger partial charge in [-0.05, 0) is 31.2 Å². The van der Waals surface area contributed by atoms with E-state index in [0.29, 0.717) is 17.1 Å². The molecule has 2 heterocycles. The zero-order chi connectivity index (χ0) is 14.8. The predicted molar refractivity (Wildman–Crippen MR) is 78.3 cm³/mol. The molecule has 0 radical (unpaired) electrons.